The zero-order chi connectivity index (χ0) is 13.1. The minimum atomic E-state index is 0.994. The van der Waals surface area contributed by atoms with E-state index in [1.165, 1.54) is 17.2 Å². The molecule has 1 aromatic rings. The van der Waals surface area contributed by atoms with Gasteiger partial charge < -0.3 is 4.90 Å². The van der Waals surface area contributed by atoms with Gasteiger partial charge in [-0.2, -0.15) is 5.12 Å². The summed E-state index contributed by atoms with van der Waals surface area (Å²) in [5, 5.41) is 2.09. The summed E-state index contributed by atoms with van der Waals surface area (Å²) in [4.78, 5) is 2.33. The lowest BCUT2D eigenvalue weighted by atomic mass is 10.4. The maximum Gasteiger partial charge on any atom is 0.147 e. The number of allylic oxidation sites excluding steroid dienone is 2. The lowest BCUT2D eigenvalue weighted by Crippen LogP contribution is -2.50. The molecule has 0 aliphatic carbocycles. The maximum absolute atomic E-state index is 3.31. The van der Waals surface area contributed by atoms with Gasteiger partial charge in [-0.25, -0.2) is 4.68 Å². The van der Waals surface area contributed by atoms with Crippen LogP contribution in [-0.4, -0.2) is 22.7 Å². The zero-order valence-corrected chi connectivity index (χ0v) is 11.6. The molecule has 0 aromatic carbocycles. The SMILES string of the molecule is CCN(CC)C1=CC=CNN1n1c(C)ccc1C. The van der Waals surface area contributed by atoms with Crippen LogP contribution in [0.1, 0.15) is 25.2 Å². The molecule has 1 aliphatic rings. The van der Waals surface area contributed by atoms with E-state index in [2.05, 4.69) is 66.0 Å². The van der Waals surface area contributed by atoms with E-state index in [0.29, 0.717) is 0 Å². The van der Waals surface area contributed by atoms with E-state index >= 15 is 0 Å². The van der Waals surface area contributed by atoms with Crippen LogP contribution in [0.2, 0.25) is 0 Å². The molecule has 0 bridgehead atoms. The van der Waals surface area contributed by atoms with Crippen molar-refractivity contribution in [3.63, 3.8) is 0 Å². The summed E-state index contributed by atoms with van der Waals surface area (Å²) in [6.45, 7) is 10.6. The lowest BCUT2D eigenvalue weighted by molar-refractivity contribution is 0.333. The third-order valence-electron chi connectivity index (χ3n) is 3.28. The molecule has 4 nitrogen and oxygen atoms in total. The highest BCUT2D eigenvalue weighted by atomic mass is 15.8. The van der Waals surface area contributed by atoms with Gasteiger partial charge in [-0.3, -0.25) is 5.43 Å². The summed E-state index contributed by atoms with van der Waals surface area (Å²) in [5.74, 6) is 1.17. The van der Waals surface area contributed by atoms with E-state index < -0.39 is 0 Å². The summed E-state index contributed by atoms with van der Waals surface area (Å²) >= 11 is 0. The van der Waals surface area contributed by atoms with E-state index in [1.54, 1.807) is 0 Å². The van der Waals surface area contributed by atoms with Crippen LogP contribution in [0.3, 0.4) is 0 Å². The summed E-state index contributed by atoms with van der Waals surface area (Å²) < 4.78 is 2.19. The molecular formula is C14H22N4. The van der Waals surface area contributed by atoms with Gasteiger partial charge in [0, 0.05) is 30.7 Å². The molecule has 4 heteroatoms. The summed E-state index contributed by atoms with van der Waals surface area (Å²) in [6.07, 6.45) is 6.13. The van der Waals surface area contributed by atoms with Crippen molar-refractivity contribution in [1.29, 1.82) is 0 Å². The van der Waals surface area contributed by atoms with Gasteiger partial charge in [0.25, 0.3) is 0 Å². The molecule has 2 rings (SSSR count). The van der Waals surface area contributed by atoms with Crippen molar-refractivity contribution in [2.24, 2.45) is 0 Å². The number of nitrogens with one attached hydrogen (secondary N) is 1. The molecule has 0 unspecified atom stereocenters. The molecule has 1 aromatic heterocycles. The lowest BCUT2D eigenvalue weighted by Gasteiger charge is -2.37. The standard InChI is InChI=1S/C14H22N4/c1-5-16(6-2)14-8-7-11-15-18(14)17-12(3)9-10-13(17)4/h7-11,15H,5-6H2,1-4H3. The Kier molecular flexibility index (Phi) is 3.65. The fraction of sp³-hybridized carbons (Fsp3) is 0.429. The van der Waals surface area contributed by atoms with Crippen molar-refractivity contribution in [2.45, 2.75) is 27.7 Å². The van der Waals surface area contributed by atoms with Crippen molar-refractivity contribution in [3.8, 4) is 0 Å². The third kappa shape index (κ3) is 2.10. The van der Waals surface area contributed by atoms with Crippen LogP contribution in [0, 0.1) is 13.8 Å². The molecule has 0 amide bonds. The van der Waals surface area contributed by atoms with Gasteiger partial charge in [0.15, 0.2) is 0 Å². The number of hydrogen-bond acceptors (Lipinski definition) is 3. The second-order valence-electron chi connectivity index (χ2n) is 4.43. The molecular weight excluding hydrogens is 224 g/mol. The van der Waals surface area contributed by atoms with Crippen molar-refractivity contribution >= 4 is 0 Å². The molecule has 0 spiro atoms. The average molecular weight is 246 g/mol. The first-order valence-corrected chi connectivity index (χ1v) is 6.52. The average Bonchev–Trinajstić information content (AvgIpc) is 2.71. The Morgan fingerprint density at radius 2 is 1.72 bits per heavy atom. The van der Waals surface area contributed by atoms with Crippen LogP contribution in [0.5, 0.6) is 0 Å². The number of aromatic nitrogens is 1. The Balaban J connectivity index is 2.38. The monoisotopic (exact) mass is 246 g/mol. The van der Waals surface area contributed by atoms with Crippen LogP contribution in [-0.2, 0) is 0 Å². The predicted octanol–water partition coefficient (Wildman–Crippen LogP) is 2.26. The van der Waals surface area contributed by atoms with Crippen LogP contribution in [0.4, 0.5) is 0 Å². The minimum absolute atomic E-state index is 0.994. The van der Waals surface area contributed by atoms with Crippen molar-refractivity contribution < 1.29 is 0 Å². The summed E-state index contributed by atoms with van der Waals surface area (Å²) in [6, 6.07) is 4.27. The smallest absolute Gasteiger partial charge is 0.147 e. The van der Waals surface area contributed by atoms with E-state index in [1.807, 2.05) is 12.3 Å². The van der Waals surface area contributed by atoms with Gasteiger partial charge >= 0.3 is 0 Å². The molecule has 0 saturated carbocycles. The molecule has 1 N–H and O–H groups in total. The Morgan fingerprint density at radius 1 is 1.11 bits per heavy atom. The fourth-order valence-electron chi connectivity index (χ4n) is 2.31. The highest BCUT2D eigenvalue weighted by Crippen LogP contribution is 2.16. The van der Waals surface area contributed by atoms with Gasteiger partial charge in [-0.15, -0.1) is 0 Å². The molecule has 0 saturated heterocycles. The molecule has 18 heavy (non-hydrogen) atoms. The number of aryl methyl sites for hydroxylation is 2. The number of nitrogens with zero attached hydrogens (tertiary/aromatic N) is 3. The first-order valence-electron chi connectivity index (χ1n) is 6.52. The Morgan fingerprint density at radius 3 is 2.28 bits per heavy atom. The van der Waals surface area contributed by atoms with Crippen molar-refractivity contribution in [1.82, 2.24) is 15.0 Å². The van der Waals surface area contributed by atoms with Gasteiger partial charge in [-0.05, 0) is 52.0 Å². The molecule has 0 fully saturated rings. The molecule has 98 valence electrons. The zero-order valence-electron chi connectivity index (χ0n) is 11.6. The topological polar surface area (TPSA) is 23.4 Å². The van der Waals surface area contributed by atoms with E-state index in [4.69, 9.17) is 0 Å². The van der Waals surface area contributed by atoms with Crippen LogP contribution < -0.4 is 10.5 Å². The summed E-state index contributed by atoms with van der Waals surface area (Å²) in [5.41, 5.74) is 5.74. The third-order valence-corrected chi connectivity index (χ3v) is 3.28. The molecule has 0 radical (unpaired) electrons. The Hall–Kier alpha value is -1.84. The largest absolute Gasteiger partial charge is 0.356 e. The second kappa shape index (κ2) is 5.21. The number of hydrazine groups is 1. The van der Waals surface area contributed by atoms with Crippen molar-refractivity contribution in [2.75, 3.05) is 18.2 Å². The van der Waals surface area contributed by atoms with Gasteiger partial charge in [0.2, 0.25) is 0 Å². The predicted molar refractivity (Wildman–Crippen MR) is 75.4 cm³/mol. The first kappa shape index (κ1) is 12.6. The highest BCUT2D eigenvalue weighted by Gasteiger charge is 2.19. The van der Waals surface area contributed by atoms with E-state index in [-0.39, 0.29) is 0 Å². The molecule has 0 atom stereocenters. The normalized spacial score (nSPS) is 14.4. The molecule has 1 aliphatic heterocycles. The summed E-state index contributed by atoms with van der Waals surface area (Å²) in [7, 11) is 0. The van der Waals surface area contributed by atoms with Gasteiger partial charge in [0.05, 0.1) is 0 Å². The first-order chi connectivity index (χ1) is 8.69. The quantitative estimate of drug-likeness (QED) is 0.881. The number of rotatable bonds is 4. The molecule has 2 heterocycles. The van der Waals surface area contributed by atoms with Crippen LogP contribution >= 0.6 is 0 Å². The maximum atomic E-state index is 3.31. The number of hydrogen-bond donors (Lipinski definition) is 1. The van der Waals surface area contributed by atoms with Crippen LogP contribution in [0.25, 0.3) is 0 Å². The Labute approximate surface area is 109 Å². The van der Waals surface area contributed by atoms with E-state index in [0.717, 1.165) is 13.1 Å². The minimum Gasteiger partial charge on any atom is -0.356 e. The highest BCUT2D eigenvalue weighted by molar-refractivity contribution is 5.28. The Bertz CT molecular complexity index is 447. The second-order valence-corrected chi connectivity index (χ2v) is 4.43. The van der Waals surface area contributed by atoms with E-state index in [9.17, 15) is 0 Å². The van der Waals surface area contributed by atoms with Gasteiger partial charge in [0.1, 0.15) is 5.82 Å². The van der Waals surface area contributed by atoms with Crippen LogP contribution in [0.15, 0.2) is 36.3 Å². The van der Waals surface area contributed by atoms with Gasteiger partial charge in [-0.1, -0.05) is 0 Å². The van der Waals surface area contributed by atoms with Crippen molar-refractivity contribution in [3.05, 3.63) is 47.7 Å². The fourth-order valence-corrected chi connectivity index (χ4v) is 2.31.